The molecule has 4 nitrogen and oxygen atoms in total. The Kier molecular flexibility index (Phi) is 4.08. The van der Waals surface area contributed by atoms with E-state index in [1.54, 1.807) is 11.3 Å². The van der Waals surface area contributed by atoms with E-state index in [2.05, 4.69) is 38.2 Å². The van der Waals surface area contributed by atoms with Gasteiger partial charge in [-0.05, 0) is 45.2 Å². The van der Waals surface area contributed by atoms with E-state index in [4.69, 9.17) is 4.74 Å². The van der Waals surface area contributed by atoms with Crippen molar-refractivity contribution in [1.82, 2.24) is 10.2 Å². The number of hydrogen-bond donors (Lipinski definition) is 1. The Labute approximate surface area is 130 Å². The minimum Gasteiger partial charge on any atom is -0.373 e. The maximum absolute atomic E-state index is 12.7. The van der Waals surface area contributed by atoms with Gasteiger partial charge in [0.1, 0.15) is 6.17 Å². The number of hydrogen-bond acceptors (Lipinski definition) is 4. The van der Waals surface area contributed by atoms with Crippen molar-refractivity contribution in [2.75, 3.05) is 13.2 Å². The molecule has 2 saturated heterocycles. The number of thiophene rings is 1. The van der Waals surface area contributed by atoms with Gasteiger partial charge in [-0.2, -0.15) is 0 Å². The van der Waals surface area contributed by atoms with Crippen molar-refractivity contribution in [1.29, 1.82) is 0 Å². The lowest BCUT2D eigenvalue weighted by Crippen LogP contribution is -2.43. The molecule has 2 fully saturated rings. The van der Waals surface area contributed by atoms with Gasteiger partial charge in [-0.25, -0.2) is 0 Å². The highest BCUT2D eigenvalue weighted by molar-refractivity contribution is 7.12. The maximum atomic E-state index is 12.7. The molecule has 3 rings (SSSR count). The first-order valence-corrected chi connectivity index (χ1v) is 8.61. The predicted molar refractivity (Wildman–Crippen MR) is 84.3 cm³/mol. The maximum Gasteiger partial charge on any atom is 0.241 e. The molecule has 3 atom stereocenters. The second-order valence-corrected chi connectivity index (χ2v) is 7.67. The van der Waals surface area contributed by atoms with Gasteiger partial charge in [-0.1, -0.05) is 6.92 Å². The van der Waals surface area contributed by atoms with Gasteiger partial charge in [0.25, 0.3) is 0 Å². The molecule has 0 spiro atoms. The van der Waals surface area contributed by atoms with Crippen LogP contribution in [0.15, 0.2) is 12.1 Å². The van der Waals surface area contributed by atoms with Crippen molar-refractivity contribution in [2.45, 2.75) is 57.8 Å². The average molecular weight is 308 g/mol. The van der Waals surface area contributed by atoms with E-state index in [0.717, 1.165) is 25.9 Å². The van der Waals surface area contributed by atoms with Crippen LogP contribution in [0.4, 0.5) is 0 Å². The van der Waals surface area contributed by atoms with Crippen molar-refractivity contribution in [3.05, 3.63) is 21.9 Å². The summed E-state index contributed by atoms with van der Waals surface area (Å²) in [6.07, 6.45) is 2.95. The van der Waals surface area contributed by atoms with Crippen molar-refractivity contribution in [3.63, 3.8) is 0 Å². The molecule has 2 aliphatic heterocycles. The molecular formula is C16H24N2O2S. The van der Waals surface area contributed by atoms with Crippen LogP contribution in [0.25, 0.3) is 0 Å². The van der Waals surface area contributed by atoms with E-state index < -0.39 is 0 Å². The Morgan fingerprint density at radius 1 is 1.52 bits per heavy atom. The molecule has 0 saturated carbocycles. The van der Waals surface area contributed by atoms with E-state index in [1.165, 1.54) is 9.75 Å². The van der Waals surface area contributed by atoms with Gasteiger partial charge in [0.15, 0.2) is 0 Å². The highest BCUT2D eigenvalue weighted by atomic mass is 32.1. The molecular weight excluding hydrogens is 284 g/mol. The zero-order valence-electron chi connectivity index (χ0n) is 13.0. The van der Waals surface area contributed by atoms with E-state index in [9.17, 15) is 4.79 Å². The lowest BCUT2D eigenvalue weighted by molar-refractivity contribution is -0.133. The highest BCUT2D eigenvalue weighted by Crippen LogP contribution is 2.35. The summed E-state index contributed by atoms with van der Waals surface area (Å²) in [5.41, 5.74) is -0.190. The number of carbonyl (C=O) groups excluding carboxylic acids is 1. The van der Waals surface area contributed by atoms with Crippen molar-refractivity contribution in [3.8, 4) is 0 Å². The van der Waals surface area contributed by atoms with Gasteiger partial charge in [0.2, 0.25) is 5.91 Å². The van der Waals surface area contributed by atoms with Crippen molar-refractivity contribution in [2.24, 2.45) is 0 Å². The summed E-state index contributed by atoms with van der Waals surface area (Å²) in [4.78, 5) is 17.2. The summed E-state index contributed by atoms with van der Waals surface area (Å²) < 4.78 is 5.89. The number of nitrogens with zero attached hydrogens (tertiary/aromatic N) is 1. The van der Waals surface area contributed by atoms with E-state index in [1.807, 2.05) is 4.90 Å². The fraction of sp³-hybridized carbons (Fsp3) is 0.688. The number of rotatable bonds is 4. The quantitative estimate of drug-likeness (QED) is 0.930. The van der Waals surface area contributed by atoms with Crippen LogP contribution < -0.4 is 5.32 Å². The molecule has 21 heavy (non-hydrogen) atoms. The summed E-state index contributed by atoms with van der Waals surface area (Å²) in [6, 6.07) is 4.19. The van der Waals surface area contributed by atoms with Crippen LogP contribution >= 0.6 is 11.3 Å². The van der Waals surface area contributed by atoms with E-state index >= 15 is 0 Å². The monoisotopic (exact) mass is 308 g/mol. The number of amides is 1. The first-order valence-electron chi connectivity index (χ1n) is 7.79. The summed E-state index contributed by atoms with van der Waals surface area (Å²) in [5.74, 6) is 0.213. The third kappa shape index (κ3) is 2.87. The lowest BCUT2D eigenvalue weighted by atomic mass is 10.0. The molecule has 3 heterocycles. The first kappa shape index (κ1) is 15.0. The number of aryl methyl sites for hydroxylation is 1. The number of carbonyl (C=O) groups is 1. The third-order valence-corrected chi connectivity index (χ3v) is 5.55. The summed E-state index contributed by atoms with van der Waals surface area (Å²) in [5, 5.41) is 3.49. The standard InChI is InChI=1S/C16H24N2O2S/c1-4-12-15(19)18(10-16(3)8-5-9-20-16)14(17-12)13-7-6-11(2)21-13/h6-7,12,14,17H,4-5,8-10H2,1-3H3. The van der Waals surface area contributed by atoms with Crippen LogP contribution in [0.5, 0.6) is 0 Å². The molecule has 0 bridgehead atoms. The van der Waals surface area contributed by atoms with Crippen LogP contribution in [0.3, 0.4) is 0 Å². The van der Waals surface area contributed by atoms with Gasteiger partial charge >= 0.3 is 0 Å². The normalized spacial score (nSPS) is 33.1. The number of nitrogens with one attached hydrogen (secondary N) is 1. The van der Waals surface area contributed by atoms with Crippen molar-refractivity contribution < 1.29 is 9.53 Å². The second-order valence-electron chi connectivity index (χ2n) is 6.35. The summed E-state index contributed by atoms with van der Waals surface area (Å²) in [6.45, 7) is 7.78. The van der Waals surface area contributed by atoms with Crippen LogP contribution in [-0.4, -0.2) is 35.6 Å². The van der Waals surface area contributed by atoms with Crippen LogP contribution in [0, 0.1) is 6.92 Å². The second kappa shape index (κ2) is 5.71. The number of ether oxygens (including phenoxy) is 1. The molecule has 1 aromatic heterocycles. The predicted octanol–water partition coefficient (Wildman–Crippen LogP) is 2.83. The summed E-state index contributed by atoms with van der Waals surface area (Å²) in [7, 11) is 0. The summed E-state index contributed by atoms with van der Waals surface area (Å²) >= 11 is 1.76. The molecule has 2 aliphatic rings. The Balaban J connectivity index is 1.84. The molecule has 0 aromatic carbocycles. The van der Waals surface area contributed by atoms with Gasteiger partial charge in [-0.3, -0.25) is 10.1 Å². The Bertz CT molecular complexity index is 522. The Hall–Kier alpha value is -0.910. The van der Waals surface area contributed by atoms with Crippen molar-refractivity contribution >= 4 is 17.2 Å². The minimum atomic E-state index is -0.190. The molecule has 1 aromatic rings. The van der Waals surface area contributed by atoms with E-state index in [-0.39, 0.29) is 23.7 Å². The largest absolute Gasteiger partial charge is 0.373 e. The molecule has 1 N–H and O–H groups in total. The molecule has 3 unspecified atom stereocenters. The highest BCUT2D eigenvalue weighted by Gasteiger charge is 2.43. The zero-order chi connectivity index (χ0) is 15.0. The third-order valence-electron chi connectivity index (χ3n) is 4.50. The minimum absolute atomic E-state index is 0.00201. The SMILES string of the molecule is CCC1NC(c2ccc(C)s2)N(CC2(C)CCCO2)C1=O. The average Bonchev–Trinajstić information content (AvgIpc) is 3.13. The van der Waals surface area contributed by atoms with Gasteiger partial charge < -0.3 is 9.64 Å². The van der Waals surface area contributed by atoms with Gasteiger partial charge in [0.05, 0.1) is 18.2 Å². The molecule has 1 amide bonds. The fourth-order valence-electron chi connectivity index (χ4n) is 3.30. The Morgan fingerprint density at radius 3 is 2.90 bits per heavy atom. The zero-order valence-corrected chi connectivity index (χ0v) is 13.8. The fourth-order valence-corrected chi connectivity index (χ4v) is 4.25. The van der Waals surface area contributed by atoms with Crippen LogP contribution in [0.2, 0.25) is 0 Å². The Morgan fingerprint density at radius 2 is 2.33 bits per heavy atom. The molecule has 0 radical (unpaired) electrons. The molecule has 0 aliphatic carbocycles. The lowest BCUT2D eigenvalue weighted by Gasteiger charge is -2.32. The smallest absolute Gasteiger partial charge is 0.241 e. The van der Waals surface area contributed by atoms with E-state index in [0.29, 0.717) is 6.54 Å². The molecule has 116 valence electrons. The topological polar surface area (TPSA) is 41.6 Å². The first-order chi connectivity index (χ1) is 10.0. The van der Waals surface area contributed by atoms with Gasteiger partial charge in [0, 0.05) is 16.4 Å². The van der Waals surface area contributed by atoms with Crippen LogP contribution in [-0.2, 0) is 9.53 Å². The van der Waals surface area contributed by atoms with Crippen LogP contribution in [0.1, 0.15) is 49.0 Å². The van der Waals surface area contributed by atoms with Gasteiger partial charge in [-0.15, -0.1) is 11.3 Å². The molecule has 5 heteroatoms.